The fourth-order valence-electron chi connectivity index (χ4n) is 3.29. The van der Waals surface area contributed by atoms with Crippen LogP contribution in [0.2, 0.25) is 5.02 Å². The number of benzene rings is 1. The van der Waals surface area contributed by atoms with Crippen LogP contribution < -0.4 is 0 Å². The Labute approximate surface area is 134 Å². The number of nitrogens with zero attached hydrogens (tertiary/aromatic N) is 1. The first-order chi connectivity index (χ1) is 10.6. The third kappa shape index (κ3) is 2.04. The Morgan fingerprint density at radius 3 is 2.64 bits per heavy atom. The molecule has 3 atom stereocenters. The highest BCUT2D eigenvalue weighted by Gasteiger charge is 2.56. The lowest BCUT2D eigenvalue weighted by Gasteiger charge is -2.22. The zero-order valence-corrected chi connectivity index (χ0v) is 13.3. The molecule has 0 amide bonds. The lowest BCUT2D eigenvalue weighted by Crippen LogP contribution is -2.23. The number of fused-ring (bicyclic) bond motifs is 1. The highest BCUT2D eigenvalue weighted by Crippen LogP contribution is 2.51. The number of rotatable bonds is 3. The van der Waals surface area contributed by atoms with Crippen LogP contribution >= 0.6 is 11.6 Å². The van der Waals surface area contributed by atoms with Gasteiger partial charge in [0.05, 0.1) is 23.2 Å². The van der Waals surface area contributed by atoms with Crippen LogP contribution in [0.4, 0.5) is 0 Å². The maximum Gasteiger partial charge on any atom is 0.104 e. The monoisotopic (exact) mass is 312 g/mol. The van der Waals surface area contributed by atoms with Gasteiger partial charge in [0, 0.05) is 22.8 Å². The summed E-state index contributed by atoms with van der Waals surface area (Å²) in [6.45, 7) is 4.26. The summed E-state index contributed by atoms with van der Waals surface area (Å²) in [4.78, 5) is 8.00. The molecular formula is C18H17ClN2O. The molecule has 0 radical (unpaired) electrons. The first-order valence-corrected chi connectivity index (χ1v) is 7.82. The van der Waals surface area contributed by atoms with Gasteiger partial charge in [0.15, 0.2) is 0 Å². The number of epoxide rings is 1. The Morgan fingerprint density at radius 2 is 1.95 bits per heavy atom. The molecule has 1 aliphatic heterocycles. The number of hydrogen-bond donors (Lipinski definition) is 1. The van der Waals surface area contributed by atoms with Crippen molar-refractivity contribution in [3.8, 4) is 0 Å². The van der Waals surface area contributed by atoms with Gasteiger partial charge in [-0.3, -0.25) is 4.98 Å². The summed E-state index contributed by atoms with van der Waals surface area (Å²) in [7, 11) is 0. The van der Waals surface area contributed by atoms with Crippen molar-refractivity contribution in [2.24, 2.45) is 0 Å². The molecule has 2 aromatic heterocycles. The zero-order chi connectivity index (χ0) is 15.3. The minimum atomic E-state index is -0.236. The largest absolute Gasteiger partial charge is 0.366 e. The van der Waals surface area contributed by atoms with Crippen LogP contribution in [0.15, 0.2) is 48.8 Å². The Morgan fingerprint density at radius 1 is 1.23 bits per heavy atom. The third-order valence-electron chi connectivity index (χ3n) is 4.73. The van der Waals surface area contributed by atoms with Crippen molar-refractivity contribution in [3.63, 3.8) is 0 Å². The van der Waals surface area contributed by atoms with Gasteiger partial charge in [0.1, 0.15) is 5.60 Å². The Balaban J connectivity index is 1.91. The van der Waals surface area contributed by atoms with E-state index in [0.29, 0.717) is 0 Å². The Kier molecular flexibility index (Phi) is 3.03. The minimum Gasteiger partial charge on any atom is -0.366 e. The number of ether oxygens (including phenoxy) is 1. The second-order valence-corrected chi connectivity index (χ2v) is 6.50. The molecule has 0 aliphatic carbocycles. The first-order valence-electron chi connectivity index (χ1n) is 7.45. The van der Waals surface area contributed by atoms with Gasteiger partial charge in [0.2, 0.25) is 0 Å². The molecule has 4 heteroatoms. The molecule has 0 bridgehead atoms. The van der Waals surface area contributed by atoms with Crippen molar-refractivity contribution in [1.82, 2.24) is 9.97 Å². The van der Waals surface area contributed by atoms with Gasteiger partial charge in [-0.2, -0.15) is 0 Å². The highest BCUT2D eigenvalue weighted by atomic mass is 35.5. The SMILES string of the molecule is CC1OC1(C)C(c1ccc(Cl)cc1)c1nccc2cc[nH]c12. The van der Waals surface area contributed by atoms with Gasteiger partial charge in [-0.15, -0.1) is 0 Å². The van der Waals surface area contributed by atoms with Gasteiger partial charge in [-0.05, 0) is 43.7 Å². The van der Waals surface area contributed by atoms with Crippen LogP contribution in [0.3, 0.4) is 0 Å². The summed E-state index contributed by atoms with van der Waals surface area (Å²) in [5.41, 5.74) is 3.04. The predicted octanol–water partition coefficient (Wildman–Crippen LogP) is 4.53. The second-order valence-electron chi connectivity index (χ2n) is 6.07. The lowest BCUT2D eigenvalue weighted by molar-refractivity contribution is 0.290. The van der Waals surface area contributed by atoms with E-state index in [-0.39, 0.29) is 17.6 Å². The number of aromatic nitrogens is 2. The van der Waals surface area contributed by atoms with Gasteiger partial charge >= 0.3 is 0 Å². The molecule has 1 aliphatic rings. The van der Waals surface area contributed by atoms with E-state index < -0.39 is 0 Å². The van der Waals surface area contributed by atoms with E-state index in [1.54, 1.807) is 0 Å². The Hall–Kier alpha value is -1.84. The van der Waals surface area contributed by atoms with Gasteiger partial charge < -0.3 is 9.72 Å². The molecule has 4 rings (SSSR count). The van der Waals surface area contributed by atoms with Gasteiger partial charge in [-0.1, -0.05) is 23.7 Å². The summed E-state index contributed by atoms with van der Waals surface area (Å²) in [6, 6.07) is 12.1. The van der Waals surface area contributed by atoms with Crippen LogP contribution in [0.1, 0.15) is 31.0 Å². The van der Waals surface area contributed by atoms with Crippen molar-refractivity contribution in [2.45, 2.75) is 31.5 Å². The number of aromatic amines is 1. The van der Waals surface area contributed by atoms with Crippen LogP contribution in [0.25, 0.3) is 10.9 Å². The van der Waals surface area contributed by atoms with E-state index in [1.165, 1.54) is 10.9 Å². The van der Waals surface area contributed by atoms with Crippen LogP contribution in [0, 0.1) is 0 Å². The average molecular weight is 313 g/mol. The fraction of sp³-hybridized carbons (Fsp3) is 0.278. The summed E-state index contributed by atoms with van der Waals surface area (Å²) < 4.78 is 5.94. The number of pyridine rings is 1. The summed E-state index contributed by atoms with van der Waals surface area (Å²) >= 11 is 6.05. The van der Waals surface area contributed by atoms with E-state index >= 15 is 0 Å². The molecule has 1 N–H and O–H groups in total. The molecule has 3 heterocycles. The van der Waals surface area contributed by atoms with E-state index in [2.05, 4.69) is 42.0 Å². The first kappa shape index (κ1) is 13.8. The summed E-state index contributed by atoms with van der Waals surface area (Å²) in [6.07, 6.45) is 4.03. The summed E-state index contributed by atoms with van der Waals surface area (Å²) in [5.74, 6) is 0.0714. The molecule has 112 valence electrons. The normalized spacial score (nSPS) is 25.3. The molecule has 3 aromatic rings. The lowest BCUT2D eigenvalue weighted by atomic mass is 9.81. The molecule has 0 saturated carbocycles. The van der Waals surface area contributed by atoms with E-state index in [4.69, 9.17) is 16.3 Å². The van der Waals surface area contributed by atoms with E-state index in [1.807, 2.05) is 30.6 Å². The quantitative estimate of drug-likeness (QED) is 0.722. The maximum atomic E-state index is 6.05. The predicted molar refractivity (Wildman–Crippen MR) is 88.3 cm³/mol. The molecule has 1 saturated heterocycles. The Bertz CT molecular complexity index is 826. The molecule has 1 aromatic carbocycles. The van der Waals surface area contributed by atoms with Crippen LogP contribution in [-0.2, 0) is 4.74 Å². The highest BCUT2D eigenvalue weighted by molar-refractivity contribution is 6.30. The topological polar surface area (TPSA) is 41.2 Å². The van der Waals surface area contributed by atoms with E-state index in [9.17, 15) is 0 Å². The van der Waals surface area contributed by atoms with Crippen LogP contribution in [-0.4, -0.2) is 21.7 Å². The van der Waals surface area contributed by atoms with Crippen molar-refractivity contribution in [3.05, 3.63) is 65.1 Å². The molecular weight excluding hydrogens is 296 g/mol. The number of halogens is 1. The smallest absolute Gasteiger partial charge is 0.104 e. The van der Waals surface area contributed by atoms with Crippen LogP contribution in [0.5, 0.6) is 0 Å². The van der Waals surface area contributed by atoms with Gasteiger partial charge in [-0.25, -0.2) is 0 Å². The van der Waals surface area contributed by atoms with Crippen molar-refractivity contribution in [2.75, 3.05) is 0 Å². The molecule has 22 heavy (non-hydrogen) atoms. The molecule has 0 spiro atoms. The number of hydrogen-bond acceptors (Lipinski definition) is 2. The zero-order valence-electron chi connectivity index (χ0n) is 12.5. The number of nitrogens with one attached hydrogen (secondary N) is 1. The maximum absolute atomic E-state index is 6.05. The standard InChI is InChI=1S/C18H17ClN2O/c1-11-18(2,22-11)15(12-3-5-14(19)6-4-12)17-16-13(7-9-20-16)8-10-21-17/h3-11,15,20H,1-2H3. The number of H-pyrrole nitrogens is 1. The van der Waals surface area contributed by atoms with Gasteiger partial charge in [0.25, 0.3) is 0 Å². The third-order valence-corrected chi connectivity index (χ3v) is 4.99. The van der Waals surface area contributed by atoms with E-state index in [0.717, 1.165) is 16.2 Å². The average Bonchev–Trinajstić information content (AvgIpc) is 2.91. The van der Waals surface area contributed by atoms with Crippen molar-refractivity contribution >= 4 is 22.5 Å². The van der Waals surface area contributed by atoms with Crippen molar-refractivity contribution < 1.29 is 4.74 Å². The van der Waals surface area contributed by atoms with Crippen molar-refractivity contribution in [1.29, 1.82) is 0 Å². The fourth-order valence-corrected chi connectivity index (χ4v) is 3.41. The molecule has 3 nitrogen and oxygen atoms in total. The molecule has 1 fully saturated rings. The second kappa shape index (κ2) is 4.83. The summed E-state index contributed by atoms with van der Waals surface area (Å²) in [5, 5.41) is 1.91. The minimum absolute atomic E-state index is 0.0714. The molecule has 3 unspecified atom stereocenters.